The predicted molar refractivity (Wildman–Crippen MR) is 95.1 cm³/mol. The van der Waals surface area contributed by atoms with E-state index in [9.17, 15) is 9.18 Å². The van der Waals surface area contributed by atoms with Crippen molar-refractivity contribution in [3.63, 3.8) is 0 Å². The molecule has 0 aliphatic carbocycles. The number of nitrogens with one attached hydrogen (secondary N) is 2. The Hall–Kier alpha value is -2.20. The van der Waals surface area contributed by atoms with Crippen LogP contribution in [0.4, 0.5) is 4.39 Å². The first-order valence-electron chi connectivity index (χ1n) is 8.36. The van der Waals surface area contributed by atoms with Gasteiger partial charge in [-0.1, -0.05) is 62.4 Å². The van der Waals surface area contributed by atoms with Crippen LogP contribution in [-0.2, 0) is 11.2 Å². The van der Waals surface area contributed by atoms with E-state index in [0.29, 0.717) is 24.4 Å². The third kappa shape index (κ3) is 5.46. The van der Waals surface area contributed by atoms with Crippen molar-refractivity contribution >= 4 is 5.91 Å². The summed E-state index contributed by atoms with van der Waals surface area (Å²) in [6, 6.07) is 16.9. The van der Waals surface area contributed by atoms with Crippen LogP contribution in [-0.4, -0.2) is 19.0 Å². The number of hydrogen-bond acceptors (Lipinski definition) is 2. The van der Waals surface area contributed by atoms with E-state index in [1.54, 1.807) is 18.2 Å². The molecule has 2 N–H and O–H groups in total. The van der Waals surface area contributed by atoms with Crippen molar-refractivity contribution in [2.75, 3.05) is 13.1 Å². The van der Waals surface area contributed by atoms with Crippen molar-refractivity contribution in [1.29, 1.82) is 0 Å². The Morgan fingerprint density at radius 2 is 1.71 bits per heavy atom. The molecule has 24 heavy (non-hydrogen) atoms. The van der Waals surface area contributed by atoms with Crippen molar-refractivity contribution in [3.8, 4) is 0 Å². The lowest BCUT2D eigenvalue weighted by Gasteiger charge is -2.22. The van der Waals surface area contributed by atoms with Crippen LogP contribution >= 0.6 is 0 Å². The maximum absolute atomic E-state index is 13.5. The van der Waals surface area contributed by atoms with Gasteiger partial charge in [-0.05, 0) is 29.5 Å². The van der Waals surface area contributed by atoms with Crippen LogP contribution < -0.4 is 10.6 Å². The molecule has 2 rings (SSSR count). The van der Waals surface area contributed by atoms with E-state index in [-0.39, 0.29) is 24.3 Å². The maximum atomic E-state index is 13.5. The number of carbonyl (C=O) groups is 1. The normalized spacial score (nSPS) is 12.2. The fourth-order valence-corrected chi connectivity index (χ4v) is 2.70. The second-order valence-electron chi connectivity index (χ2n) is 6.20. The van der Waals surface area contributed by atoms with Crippen LogP contribution in [0.5, 0.6) is 0 Å². The molecule has 3 nitrogen and oxygen atoms in total. The molecule has 0 radical (unpaired) electrons. The van der Waals surface area contributed by atoms with E-state index in [2.05, 4.69) is 36.6 Å². The first-order chi connectivity index (χ1) is 11.6. The predicted octanol–water partition coefficient (Wildman–Crippen LogP) is 3.47. The summed E-state index contributed by atoms with van der Waals surface area (Å²) in [4.78, 5) is 12.0. The minimum absolute atomic E-state index is 0.0760. The zero-order valence-electron chi connectivity index (χ0n) is 14.3. The molecule has 0 fully saturated rings. The van der Waals surface area contributed by atoms with Crippen LogP contribution in [0.1, 0.15) is 31.0 Å². The molecule has 2 aromatic carbocycles. The van der Waals surface area contributed by atoms with E-state index in [1.165, 1.54) is 11.6 Å². The van der Waals surface area contributed by atoms with E-state index in [1.807, 2.05) is 18.2 Å². The molecule has 4 heteroatoms. The van der Waals surface area contributed by atoms with Crippen molar-refractivity contribution in [1.82, 2.24) is 10.6 Å². The summed E-state index contributed by atoms with van der Waals surface area (Å²) in [5.74, 6) is 0.0698. The highest BCUT2D eigenvalue weighted by atomic mass is 19.1. The Labute approximate surface area is 143 Å². The molecule has 0 spiro atoms. The lowest BCUT2D eigenvalue weighted by Crippen LogP contribution is -2.38. The molecular formula is C20H25FN2O. The van der Waals surface area contributed by atoms with Gasteiger partial charge in [0, 0.05) is 12.6 Å². The highest BCUT2D eigenvalue weighted by Crippen LogP contribution is 2.20. The molecule has 0 saturated carbocycles. The Morgan fingerprint density at radius 3 is 2.38 bits per heavy atom. The van der Waals surface area contributed by atoms with E-state index in [0.717, 1.165) is 0 Å². The summed E-state index contributed by atoms with van der Waals surface area (Å²) in [6.07, 6.45) is 0.491. The Morgan fingerprint density at radius 1 is 1.04 bits per heavy atom. The summed E-state index contributed by atoms with van der Waals surface area (Å²) < 4.78 is 13.5. The van der Waals surface area contributed by atoms with Crippen LogP contribution in [0.15, 0.2) is 54.6 Å². The molecule has 0 aromatic heterocycles. The van der Waals surface area contributed by atoms with Crippen molar-refractivity contribution < 1.29 is 9.18 Å². The van der Waals surface area contributed by atoms with Crippen molar-refractivity contribution in [2.45, 2.75) is 26.3 Å². The minimum Gasteiger partial charge on any atom is -0.355 e. The van der Waals surface area contributed by atoms with Crippen LogP contribution in [0.2, 0.25) is 0 Å². The van der Waals surface area contributed by atoms with E-state index < -0.39 is 0 Å². The average Bonchev–Trinajstić information content (AvgIpc) is 2.57. The first kappa shape index (κ1) is 18.1. The van der Waals surface area contributed by atoms with Gasteiger partial charge in [0.05, 0.1) is 6.54 Å². The summed E-state index contributed by atoms with van der Waals surface area (Å²) in [7, 11) is 0. The van der Waals surface area contributed by atoms with Crippen molar-refractivity contribution in [2.24, 2.45) is 5.92 Å². The third-order valence-corrected chi connectivity index (χ3v) is 3.98. The zero-order chi connectivity index (χ0) is 17.4. The molecule has 0 aliphatic rings. The van der Waals surface area contributed by atoms with Gasteiger partial charge < -0.3 is 10.6 Å². The van der Waals surface area contributed by atoms with Gasteiger partial charge in [-0.15, -0.1) is 0 Å². The maximum Gasteiger partial charge on any atom is 0.233 e. The molecule has 128 valence electrons. The van der Waals surface area contributed by atoms with Gasteiger partial charge in [0.15, 0.2) is 0 Å². The fourth-order valence-electron chi connectivity index (χ4n) is 2.70. The van der Waals surface area contributed by atoms with Crippen LogP contribution in [0, 0.1) is 11.7 Å². The topological polar surface area (TPSA) is 41.1 Å². The Bertz CT molecular complexity index is 643. The monoisotopic (exact) mass is 328 g/mol. The molecule has 1 atom stereocenters. The Kier molecular flexibility index (Phi) is 6.94. The quantitative estimate of drug-likeness (QED) is 0.779. The average molecular weight is 328 g/mol. The molecule has 1 amide bonds. The van der Waals surface area contributed by atoms with Gasteiger partial charge >= 0.3 is 0 Å². The molecule has 0 bridgehead atoms. The number of benzene rings is 2. The largest absolute Gasteiger partial charge is 0.355 e. The molecule has 0 unspecified atom stereocenters. The molecule has 2 aromatic rings. The lowest BCUT2D eigenvalue weighted by atomic mass is 9.96. The Balaban J connectivity index is 1.78. The second-order valence-corrected chi connectivity index (χ2v) is 6.20. The highest BCUT2D eigenvalue weighted by Gasteiger charge is 2.16. The number of halogens is 1. The molecule has 0 heterocycles. The summed E-state index contributed by atoms with van der Waals surface area (Å²) in [6.45, 7) is 4.93. The fraction of sp³-hybridized carbons (Fsp3) is 0.350. The van der Waals surface area contributed by atoms with Gasteiger partial charge in [0.2, 0.25) is 5.91 Å². The van der Waals surface area contributed by atoms with Gasteiger partial charge in [-0.3, -0.25) is 4.79 Å². The third-order valence-electron chi connectivity index (χ3n) is 3.98. The zero-order valence-corrected chi connectivity index (χ0v) is 14.3. The van der Waals surface area contributed by atoms with Gasteiger partial charge in [-0.2, -0.15) is 0 Å². The SMILES string of the molecule is CC(C)[C@@H](NCC(=O)NCCc1ccccc1F)c1ccccc1. The molecular weight excluding hydrogens is 303 g/mol. The standard InChI is InChI=1S/C20H25FN2O/c1-15(2)20(17-9-4-3-5-10-17)23-14-19(24)22-13-12-16-8-6-7-11-18(16)21/h3-11,15,20,23H,12-14H2,1-2H3,(H,22,24)/t20-/m1/s1. The van der Waals surface area contributed by atoms with E-state index >= 15 is 0 Å². The smallest absolute Gasteiger partial charge is 0.233 e. The minimum atomic E-state index is -0.228. The lowest BCUT2D eigenvalue weighted by molar-refractivity contribution is -0.120. The van der Waals surface area contributed by atoms with Gasteiger partial charge in [0.1, 0.15) is 5.82 Å². The molecule has 0 aliphatic heterocycles. The summed E-state index contributed by atoms with van der Waals surface area (Å²) in [5.41, 5.74) is 1.79. The highest BCUT2D eigenvalue weighted by molar-refractivity contribution is 5.78. The molecule has 0 saturated heterocycles. The number of carbonyl (C=O) groups excluding carboxylic acids is 1. The van der Waals surface area contributed by atoms with Crippen molar-refractivity contribution in [3.05, 3.63) is 71.5 Å². The summed E-state index contributed by atoms with van der Waals surface area (Å²) in [5, 5.41) is 6.15. The number of hydrogen-bond donors (Lipinski definition) is 2. The summed E-state index contributed by atoms with van der Waals surface area (Å²) >= 11 is 0. The van der Waals surface area contributed by atoms with Crippen LogP contribution in [0.3, 0.4) is 0 Å². The second kappa shape index (κ2) is 9.18. The number of amides is 1. The van der Waals surface area contributed by atoms with Crippen LogP contribution in [0.25, 0.3) is 0 Å². The van der Waals surface area contributed by atoms with E-state index in [4.69, 9.17) is 0 Å². The first-order valence-corrected chi connectivity index (χ1v) is 8.36. The number of rotatable bonds is 8. The van der Waals surface area contributed by atoms with Gasteiger partial charge in [0.25, 0.3) is 0 Å². The van der Waals surface area contributed by atoms with Gasteiger partial charge in [-0.25, -0.2) is 4.39 Å².